The van der Waals surface area contributed by atoms with Crippen LogP contribution < -0.4 is 10.2 Å². The predicted octanol–water partition coefficient (Wildman–Crippen LogP) is 0.0719. The fraction of sp³-hybridized carbons (Fsp3) is 0.364. The van der Waals surface area contributed by atoms with Crippen molar-refractivity contribution in [1.82, 2.24) is 25.1 Å². The molecule has 1 fully saturated rings. The highest BCUT2D eigenvalue weighted by molar-refractivity contribution is 5.52. The fourth-order valence-electron chi connectivity index (χ4n) is 1.98. The Morgan fingerprint density at radius 3 is 2.47 bits per heavy atom. The molecular formula is C11H14N6. The summed E-state index contributed by atoms with van der Waals surface area (Å²) in [7, 11) is 0. The molecule has 1 aliphatic heterocycles. The van der Waals surface area contributed by atoms with Gasteiger partial charge in [0.25, 0.3) is 0 Å². The second-order valence-corrected chi connectivity index (χ2v) is 3.89. The standard InChI is InChI=1S/C11H14N6/c1-2-15-17(7-1)11-10(13-3-4-14-11)16-8-5-12-6-9-16/h1-4,7,12H,5-6,8-9H2. The maximum atomic E-state index is 4.43. The van der Waals surface area contributed by atoms with E-state index in [0.29, 0.717) is 0 Å². The summed E-state index contributed by atoms with van der Waals surface area (Å²) in [5.41, 5.74) is 0. The monoisotopic (exact) mass is 230 g/mol. The van der Waals surface area contributed by atoms with Crippen molar-refractivity contribution >= 4 is 5.82 Å². The lowest BCUT2D eigenvalue weighted by Crippen LogP contribution is -2.44. The molecule has 1 aliphatic rings. The van der Waals surface area contributed by atoms with Crippen LogP contribution in [0.3, 0.4) is 0 Å². The molecule has 0 aliphatic carbocycles. The van der Waals surface area contributed by atoms with Gasteiger partial charge in [-0.05, 0) is 6.07 Å². The number of piperazine rings is 1. The Bertz CT molecular complexity index is 474. The van der Waals surface area contributed by atoms with Crippen molar-refractivity contribution < 1.29 is 0 Å². The lowest BCUT2D eigenvalue weighted by molar-refractivity contribution is 0.582. The Morgan fingerprint density at radius 1 is 1.00 bits per heavy atom. The molecule has 3 rings (SSSR count). The summed E-state index contributed by atoms with van der Waals surface area (Å²) in [5, 5.41) is 7.54. The summed E-state index contributed by atoms with van der Waals surface area (Å²) >= 11 is 0. The molecule has 6 nitrogen and oxygen atoms in total. The summed E-state index contributed by atoms with van der Waals surface area (Å²) in [4.78, 5) is 11.0. The van der Waals surface area contributed by atoms with Gasteiger partial charge in [0.1, 0.15) is 0 Å². The third-order valence-corrected chi connectivity index (χ3v) is 2.80. The summed E-state index contributed by atoms with van der Waals surface area (Å²) in [6.45, 7) is 3.87. The number of nitrogens with one attached hydrogen (secondary N) is 1. The maximum Gasteiger partial charge on any atom is 0.196 e. The van der Waals surface area contributed by atoms with Gasteiger partial charge in [0.05, 0.1) is 0 Å². The Hall–Kier alpha value is -1.95. The van der Waals surface area contributed by atoms with Gasteiger partial charge in [0.2, 0.25) is 0 Å². The minimum atomic E-state index is 0.791. The summed E-state index contributed by atoms with van der Waals surface area (Å²) < 4.78 is 1.75. The van der Waals surface area contributed by atoms with E-state index in [1.807, 2.05) is 12.3 Å². The van der Waals surface area contributed by atoms with Gasteiger partial charge < -0.3 is 10.2 Å². The molecule has 2 aromatic heterocycles. The first-order valence-corrected chi connectivity index (χ1v) is 5.72. The third kappa shape index (κ3) is 1.99. The molecule has 0 radical (unpaired) electrons. The molecule has 0 atom stereocenters. The van der Waals surface area contributed by atoms with Crippen molar-refractivity contribution in [3.63, 3.8) is 0 Å². The van der Waals surface area contributed by atoms with Crippen molar-refractivity contribution in [3.8, 4) is 5.82 Å². The minimum absolute atomic E-state index is 0.791. The van der Waals surface area contributed by atoms with Crippen molar-refractivity contribution in [2.75, 3.05) is 31.1 Å². The number of nitrogens with zero attached hydrogens (tertiary/aromatic N) is 5. The highest BCUT2D eigenvalue weighted by atomic mass is 15.3. The smallest absolute Gasteiger partial charge is 0.196 e. The molecule has 0 amide bonds. The first-order chi connectivity index (χ1) is 8.45. The van der Waals surface area contributed by atoms with E-state index >= 15 is 0 Å². The Kier molecular flexibility index (Phi) is 2.71. The topological polar surface area (TPSA) is 58.9 Å². The molecule has 2 aromatic rings. The Morgan fingerprint density at radius 2 is 1.76 bits per heavy atom. The molecule has 1 saturated heterocycles. The Balaban J connectivity index is 1.98. The van der Waals surface area contributed by atoms with Gasteiger partial charge in [-0.3, -0.25) is 0 Å². The molecule has 6 heteroatoms. The van der Waals surface area contributed by atoms with Crippen molar-refractivity contribution in [1.29, 1.82) is 0 Å². The van der Waals surface area contributed by atoms with Gasteiger partial charge in [-0.1, -0.05) is 0 Å². The number of hydrogen-bond donors (Lipinski definition) is 1. The summed E-state index contributed by atoms with van der Waals surface area (Å²) in [6.07, 6.45) is 7.05. The quantitative estimate of drug-likeness (QED) is 0.791. The largest absolute Gasteiger partial charge is 0.351 e. The summed E-state index contributed by atoms with van der Waals surface area (Å²) in [5.74, 6) is 1.69. The van der Waals surface area contributed by atoms with E-state index in [1.54, 1.807) is 23.3 Å². The van der Waals surface area contributed by atoms with Crippen LogP contribution in [0.15, 0.2) is 30.9 Å². The zero-order chi connectivity index (χ0) is 11.5. The molecule has 1 N–H and O–H groups in total. The normalized spacial score (nSPS) is 16.1. The fourth-order valence-corrected chi connectivity index (χ4v) is 1.98. The van der Waals surface area contributed by atoms with Crippen LogP contribution in [0, 0.1) is 0 Å². The molecule has 0 bridgehead atoms. The number of rotatable bonds is 2. The molecule has 0 saturated carbocycles. The van der Waals surface area contributed by atoms with Crippen molar-refractivity contribution in [2.45, 2.75) is 0 Å². The van der Waals surface area contributed by atoms with Crippen LogP contribution in [0.1, 0.15) is 0 Å². The molecule has 3 heterocycles. The van der Waals surface area contributed by atoms with Gasteiger partial charge in [0.15, 0.2) is 11.6 Å². The van der Waals surface area contributed by atoms with Gasteiger partial charge in [-0.15, -0.1) is 0 Å². The van der Waals surface area contributed by atoms with E-state index in [0.717, 1.165) is 37.8 Å². The lowest BCUT2D eigenvalue weighted by atomic mass is 10.3. The first kappa shape index (κ1) is 10.2. The number of anilines is 1. The average molecular weight is 230 g/mol. The van der Waals surface area contributed by atoms with E-state index in [1.165, 1.54) is 0 Å². The molecule has 88 valence electrons. The highest BCUT2D eigenvalue weighted by Gasteiger charge is 2.17. The zero-order valence-corrected chi connectivity index (χ0v) is 9.45. The number of aromatic nitrogens is 4. The van der Waals surface area contributed by atoms with Gasteiger partial charge in [-0.2, -0.15) is 5.10 Å². The third-order valence-electron chi connectivity index (χ3n) is 2.80. The molecule has 0 spiro atoms. The van der Waals surface area contributed by atoms with Crippen LogP contribution >= 0.6 is 0 Å². The van der Waals surface area contributed by atoms with Crippen molar-refractivity contribution in [3.05, 3.63) is 30.9 Å². The second-order valence-electron chi connectivity index (χ2n) is 3.89. The van der Waals surface area contributed by atoms with E-state index in [2.05, 4.69) is 25.3 Å². The van der Waals surface area contributed by atoms with E-state index in [4.69, 9.17) is 0 Å². The van der Waals surface area contributed by atoms with E-state index in [-0.39, 0.29) is 0 Å². The second kappa shape index (κ2) is 4.50. The zero-order valence-electron chi connectivity index (χ0n) is 9.45. The molecule has 0 unspecified atom stereocenters. The van der Waals surface area contributed by atoms with E-state index in [9.17, 15) is 0 Å². The molecule has 0 aromatic carbocycles. The number of hydrogen-bond acceptors (Lipinski definition) is 5. The molecular weight excluding hydrogens is 216 g/mol. The Labute approximate surface area is 99.3 Å². The minimum Gasteiger partial charge on any atom is -0.351 e. The van der Waals surface area contributed by atoms with Crippen LogP contribution in [0.5, 0.6) is 0 Å². The SMILES string of the molecule is c1cnn(-c2nccnc2N2CCNCC2)c1. The van der Waals surface area contributed by atoms with Gasteiger partial charge in [-0.25, -0.2) is 14.6 Å². The highest BCUT2D eigenvalue weighted by Crippen LogP contribution is 2.18. The average Bonchev–Trinajstić information content (AvgIpc) is 2.94. The summed E-state index contributed by atoms with van der Waals surface area (Å²) in [6, 6.07) is 1.89. The van der Waals surface area contributed by atoms with Crippen molar-refractivity contribution in [2.24, 2.45) is 0 Å². The molecule has 17 heavy (non-hydrogen) atoms. The van der Waals surface area contributed by atoms with Crippen LogP contribution in [-0.4, -0.2) is 45.9 Å². The van der Waals surface area contributed by atoms with Crippen LogP contribution in [0.4, 0.5) is 5.82 Å². The van der Waals surface area contributed by atoms with Gasteiger partial charge in [0, 0.05) is 51.0 Å². The predicted molar refractivity (Wildman–Crippen MR) is 64.2 cm³/mol. The van der Waals surface area contributed by atoms with Crippen LogP contribution in [-0.2, 0) is 0 Å². The first-order valence-electron chi connectivity index (χ1n) is 5.72. The van der Waals surface area contributed by atoms with Crippen LogP contribution in [0.2, 0.25) is 0 Å². The van der Waals surface area contributed by atoms with E-state index < -0.39 is 0 Å². The van der Waals surface area contributed by atoms with Crippen LogP contribution in [0.25, 0.3) is 5.82 Å². The lowest BCUT2D eigenvalue weighted by Gasteiger charge is -2.29. The van der Waals surface area contributed by atoms with Gasteiger partial charge >= 0.3 is 0 Å². The maximum absolute atomic E-state index is 4.43.